The van der Waals surface area contributed by atoms with Crippen LogP contribution < -0.4 is 0 Å². The van der Waals surface area contributed by atoms with Crippen molar-refractivity contribution < 1.29 is 28.6 Å². The summed E-state index contributed by atoms with van der Waals surface area (Å²) in [6.07, 6.45) is 93.1. The lowest BCUT2D eigenvalue weighted by Gasteiger charge is -2.18. The Bertz CT molecular complexity index is 1680. The number of esters is 3. The Kier molecular flexibility index (Phi) is 62.3. The lowest BCUT2D eigenvalue weighted by atomic mass is 10.1. The van der Waals surface area contributed by atoms with Gasteiger partial charge in [0.1, 0.15) is 13.2 Å². The van der Waals surface area contributed by atoms with Gasteiger partial charge in [0.25, 0.3) is 0 Å². The summed E-state index contributed by atoms with van der Waals surface area (Å²) in [5.74, 6) is -0.916. The predicted molar refractivity (Wildman–Crippen MR) is 343 cm³/mol. The minimum absolute atomic E-state index is 0.0918. The van der Waals surface area contributed by atoms with Gasteiger partial charge in [0.05, 0.1) is 0 Å². The quantitative estimate of drug-likeness (QED) is 0.0261. The Morgan fingerprint density at radius 2 is 0.494 bits per heavy atom. The monoisotopic (exact) mass is 1090 g/mol. The van der Waals surface area contributed by atoms with E-state index in [1.54, 1.807) is 0 Å². The highest BCUT2D eigenvalue weighted by Gasteiger charge is 2.19. The molecule has 1 atom stereocenters. The molecule has 0 radical (unpaired) electrons. The van der Waals surface area contributed by atoms with Crippen molar-refractivity contribution >= 4 is 17.9 Å². The molecular weight excluding hydrogens is 973 g/mol. The number of allylic oxidation sites excluding steroid dienone is 22. The molecule has 0 fully saturated rings. The second kappa shape index (κ2) is 66.1. The molecule has 448 valence electrons. The van der Waals surface area contributed by atoms with Crippen LogP contribution in [0.25, 0.3) is 0 Å². The number of hydrogen-bond acceptors (Lipinski definition) is 6. The topological polar surface area (TPSA) is 78.9 Å². The van der Waals surface area contributed by atoms with Crippen LogP contribution in [-0.4, -0.2) is 37.2 Å². The van der Waals surface area contributed by atoms with Crippen molar-refractivity contribution in [1.29, 1.82) is 0 Å². The zero-order valence-electron chi connectivity index (χ0n) is 51.3. The largest absolute Gasteiger partial charge is 0.462 e. The summed E-state index contributed by atoms with van der Waals surface area (Å²) in [6.45, 7) is 6.38. The smallest absolute Gasteiger partial charge is 0.306 e. The zero-order valence-corrected chi connectivity index (χ0v) is 51.3. The number of ether oxygens (including phenoxy) is 3. The van der Waals surface area contributed by atoms with Gasteiger partial charge in [0.15, 0.2) is 6.10 Å². The fourth-order valence-corrected chi connectivity index (χ4v) is 8.79. The van der Waals surface area contributed by atoms with Crippen LogP contribution in [0.5, 0.6) is 0 Å². The Labute approximate surface area is 487 Å². The van der Waals surface area contributed by atoms with E-state index in [2.05, 4.69) is 154 Å². The first-order valence-electron chi connectivity index (χ1n) is 32.7. The average Bonchev–Trinajstić information content (AvgIpc) is 3.45. The molecular formula is C73H120O6. The van der Waals surface area contributed by atoms with Gasteiger partial charge in [-0.2, -0.15) is 0 Å². The van der Waals surface area contributed by atoms with E-state index in [1.807, 2.05) is 0 Å². The Morgan fingerprint density at radius 1 is 0.266 bits per heavy atom. The molecule has 1 unspecified atom stereocenters. The lowest BCUT2D eigenvalue weighted by molar-refractivity contribution is -0.167. The van der Waals surface area contributed by atoms with Gasteiger partial charge in [0.2, 0.25) is 0 Å². The predicted octanol–water partition coefficient (Wildman–Crippen LogP) is 22.5. The normalized spacial score (nSPS) is 13.0. The van der Waals surface area contributed by atoms with E-state index in [0.717, 1.165) is 148 Å². The van der Waals surface area contributed by atoms with E-state index < -0.39 is 6.10 Å². The third kappa shape index (κ3) is 64.3. The van der Waals surface area contributed by atoms with Crippen LogP contribution in [0.2, 0.25) is 0 Å². The lowest BCUT2D eigenvalue weighted by Crippen LogP contribution is -2.30. The van der Waals surface area contributed by atoms with Crippen LogP contribution in [0.1, 0.15) is 290 Å². The third-order valence-electron chi connectivity index (χ3n) is 13.6. The SMILES string of the molecule is CC/C=C\C/C=C\C/C=C\C/C=C\C/C=C\C/C=C\CCCCCCCCCCCCC(=O)OCC(COC(=O)CCCCCCC/C=C\C/C=C\CCCCC)OC(=O)CCCCCCCCC/C=C\C/C=C\C/C=C\CC. The maximum absolute atomic E-state index is 12.9. The van der Waals surface area contributed by atoms with E-state index in [-0.39, 0.29) is 31.1 Å². The molecule has 0 aliphatic carbocycles. The standard InChI is InChI=1S/C73H120O6/c1-4-7-10-13-16-19-22-25-28-30-31-32-33-34-35-36-37-38-39-40-41-43-45-48-51-54-57-60-63-66-72(75)78-69-70(68-77-71(74)65-62-59-56-53-50-47-44-27-24-21-18-15-12-9-6-3)79-73(76)67-64-61-58-55-52-49-46-42-29-26-23-20-17-14-11-8-5-2/h7-8,10-11,16-21,25-29,31-32,34-35,37-38,44,70H,4-6,9,12-15,22-24,30,33,36,39-43,45-69H2,1-3H3/b10-7-,11-8-,19-16-,20-17-,21-18-,28-25-,29-26-,32-31-,35-34-,38-37-,44-27-. The number of hydrogen-bond donors (Lipinski definition) is 0. The highest BCUT2D eigenvalue weighted by Crippen LogP contribution is 2.15. The van der Waals surface area contributed by atoms with Crippen molar-refractivity contribution in [3.63, 3.8) is 0 Å². The van der Waals surface area contributed by atoms with Crippen molar-refractivity contribution in [2.45, 2.75) is 297 Å². The van der Waals surface area contributed by atoms with Gasteiger partial charge in [0, 0.05) is 19.3 Å². The molecule has 6 heteroatoms. The summed E-state index contributed by atoms with van der Waals surface area (Å²) in [6, 6.07) is 0. The summed E-state index contributed by atoms with van der Waals surface area (Å²) < 4.78 is 16.9. The highest BCUT2D eigenvalue weighted by molar-refractivity contribution is 5.71. The Morgan fingerprint density at radius 3 is 0.772 bits per heavy atom. The van der Waals surface area contributed by atoms with Gasteiger partial charge < -0.3 is 14.2 Å². The van der Waals surface area contributed by atoms with E-state index in [9.17, 15) is 14.4 Å². The van der Waals surface area contributed by atoms with Crippen molar-refractivity contribution in [1.82, 2.24) is 0 Å². The fraction of sp³-hybridized carbons (Fsp3) is 0.658. The van der Waals surface area contributed by atoms with Crippen LogP contribution >= 0.6 is 0 Å². The summed E-state index contributed by atoms with van der Waals surface area (Å²) in [7, 11) is 0. The molecule has 6 nitrogen and oxygen atoms in total. The zero-order chi connectivity index (χ0) is 57.1. The van der Waals surface area contributed by atoms with Crippen LogP contribution in [0.3, 0.4) is 0 Å². The number of rotatable bonds is 58. The van der Waals surface area contributed by atoms with Crippen LogP contribution in [-0.2, 0) is 28.6 Å². The molecule has 0 saturated carbocycles. The maximum atomic E-state index is 12.9. The van der Waals surface area contributed by atoms with E-state index in [1.165, 1.54) is 103 Å². The molecule has 0 amide bonds. The number of unbranched alkanes of at least 4 members (excludes halogenated alkanes) is 25. The number of carbonyl (C=O) groups is 3. The Balaban J connectivity index is 4.35. The van der Waals surface area contributed by atoms with Gasteiger partial charge in [-0.25, -0.2) is 0 Å². The summed E-state index contributed by atoms with van der Waals surface area (Å²) in [5, 5.41) is 0. The molecule has 0 aromatic heterocycles. The minimum Gasteiger partial charge on any atom is -0.462 e. The van der Waals surface area contributed by atoms with Gasteiger partial charge in [-0.15, -0.1) is 0 Å². The van der Waals surface area contributed by atoms with Crippen molar-refractivity contribution in [3.05, 3.63) is 134 Å². The second-order valence-corrected chi connectivity index (χ2v) is 21.3. The van der Waals surface area contributed by atoms with Crippen LogP contribution in [0, 0.1) is 0 Å². The molecule has 0 rings (SSSR count). The average molecular weight is 1090 g/mol. The van der Waals surface area contributed by atoms with E-state index in [0.29, 0.717) is 19.3 Å². The van der Waals surface area contributed by atoms with Crippen LogP contribution in [0.4, 0.5) is 0 Å². The highest BCUT2D eigenvalue weighted by atomic mass is 16.6. The summed E-state index contributed by atoms with van der Waals surface area (Å²) >= 11 is 0. The maximum Gasteiger partial charge on any atom is 0.306 e. The first kappa shape index (κ1) is 74.5. The molecule has 0 aliphatic rings. The summed E-state index contributed by atoms with van der Waals surface area (Å²) in [4.78, 5) is 38.3. The second-order valence-electron chi connectivity index (χ2n) is 21.3. The van der Waals surface area contributed by atoms with Gasteiger partial charge in [-0.05, 0) is 135 Å². The van der Waals surface area contributed by atoms with Gasteiger partial charge >= 0.3 is 17.9 Å². The van der Waals surface area contributed by atoms with Gasteiger partial charge in [-0.1, -0.05) is 270 Å². The van der Waals surface area contributed by atoms with Crippen molar-refractivity contribution in [2.24, 2.45) is 0 Å². The number of carbonyl (C=O) groups excluding carboxylic acids is 3. The first-order valence-corrected chi connectivity index (χ1v) is 32.7. The molecule has 0 spiro atoms. The minimum atomic E-state index is -0.797. The molecule has 0 N–H and O–H groups in total. The molecule has 0 aromatic rings. The third-order valence-corrected chi connectivity index (χ3v) is 13.6. The molecule has 0 aliphatic heterocycles. The molecule has 0 bridgehead atoms. The molecule has 0 saturated heterocycles. The molecule has 0 aromatic carbocycles. The summed E-state index contributed by atoms with van der Waals surface area (Å²) in [5.41, 5.74) is 0. The fourth-order valence-electron chi connectivity index (χ4n) is 8.79. The van der Waals surface area contributed by atoms with E-state index >= 15 is 0 Å². The van der Waals surface area contributed by atoms with Gasteiger partial charge in [-0.3, -0.25) is 14.4 Å². The van der Waals surface area contributed by atoms with Crippen molar-refractivity contribution in [3.8, 4) is 0 Å². The molecule has 0 heterocycles. The molecule has 79 heavy (non-hydrogen) atoms. The Hall–Kier alpha value is -4.45. The first-order chi connectivity index (χ1) is 39.0. The van der Waals surface area contributed by atoms with Crippen molar-refractivity contribution in [2.75, 3.05) is 13.2 Å². The van der Waals surface area contributed by atoms with Crippen LogP contribution in [0.15, 0.2) is 134 Å². The van der Waals surface area contributed by atoms with E-state index in [4.69, 9.17) is 14.2 Å².